The molecule has 8 nitrogen and oxygen atoms in total. The second-order valence-corrected chi connectivity index (χ2v) is 10.5. The number of amides is 1. The van der Waals surface area contributed by atoms with Gasteiger partial charge in [-0.15, -0.1) is 0 Å². The quantitative estimate of drug-likeness (QED) is 0.538. The molecule has 1 amide bonds. The van der Waals surface area contributed by atoms with Gasteiger partial charge in [0.2, 0.25) is 5.78 Å². The molecule has 0 unspecified atom stereocenters. The molecule has 0 aliphatic carbocycles. The SMILES string of the molecule is COc1cc(C(=O)c2ncc(N3CCC(C)(CNC(=O)OC(C)(C)C)CC3)nc2Cl)ccc1Cl. The molecule has 34 heavy (non-hydrogen) atoms. The normalized spacial score (nSPS) is 15.6. The van der Waals surface area contributed by atoms with Crippen molar-refractivity contribution < 1.29 is 19.1 Å². The highest BCUT2D eigenvalue weighted by molar-refractivity contribution is 6.34. The Labute approximate surface area is 209 Å². The van der Waals surface area contributed by atoms with Crippen LogP contribution in [-0.2, 0) is 4.74 Å². The number of hydrogen-bond acceptors (Lipinski definition) is 7. The van der Waals surface area contributed by atoms with Crippen molar-refractivity contribution in [2.24, 2.45) is 5.41 Å². The van der Waals surface area contributed by atoms with Crippen LogP contribution in [0, 0.1) is 5.41 Å². The molecule has 2 aromatic rings. The van der Waals surface area contributed by atoms with Crippen molar-refractivity contribution in [2.45, 2.75) is 46.1 Å². The maximum Gasteiger partial charge on any atom is 0.407 e. The fourth-order valence-corrected chi connectivity index (χ4v) is 4.07. The zero-order valence-electron chi connectivity index (χ0n) is 20.1. The highest BCUT2D eigenvalue weighted by atomic mass is 35.5. The number of carbonyl (C=O) groups excluding carboxylic acids is 2. The van der Waals surface area contributed by atoms with Gasteiger partial charge in [-0.05, 0) is 57.2 Å². The average Bonchev–Trinajstić information content (AvgIpc) is 2.77. The second kappa shape index (κ2) is 10.4. The molecule has 10 heteroatoms. The monoisotopic (exact) mass is 508 g/mol. The number of anilines is 1. The summed E-state index contributed by atoms with van der Waals surface area (Å²) in [7, 11) is 1.48. The number of halogens is 2. The van der Waals surface area contributed by atoms with Crippen LogP contribution in [0.25, 0.3) is 0 Å². The fraction of sp³-hybridized carbons (Fsp3) is 0.500. The van der Waals surface area contributed by atoms with E-state index in [9.17, 15) is 9.59 Å². The lowest BCUT2D eigenvalue weighted by atomic mass is 9.80. The van der Waals surface area contributed by atoms with E-state index in [0.29, 0.717) is 28.7 Å². The number of nitrogens with one attached hydrogen (secondary N) is 1. The predicted molar refractivity (Wildman–Crippen MR) is 132 cm³/mol. The third kappa shape index (κ3) is 6.51. The minimum atomic E-state index is -0.528. The van der Waals surface area contributed by atoms with Gasteiger partial charge in [0.15, 0.2) is 5.15 Å². The van der Waals surface area contributed by atoms with Crippen LogP contribution in [-0.4, -0.2) is 54.2 Å². The number of hydrogen-bond donors (Lipinski definition) is 1. The van der Waals surface area contributed by atoms with E-state index in [4.69, 9.17) is 32.7 Å². The van der Waals surface area contributed by atoms with Gasteiger partial charge in [0.25, 0.3) is 0 Å². The molecule has 2 heterocycles. The Morgan fingerprint density at radius 1 is 1.21 bits per heavy atom. The maximum absolute atomic E-state index is 12.9. The molecule has 0 saturated carbocycles. The van der Waals surface area contributed by atoms with E-state index in [0.717, 1.165) is 25.9 Å². The summed E-state index contributed by atoms with van der Waals surface area (Å²) in [6, 6.07) is 4.73. The van der Waals surface area contributed by atoms with Crippen LogP contribution in [0.15, 0.2) is 24.4 Å². The average molecular weight is 509 g/mol. The molecule has 0 radical (unpaired) electrons. The molecule has 1 fully saturated rings. The molecule has 1 aromatic heterocycles. The van der Waals surface area contributed by atoms with Gasteiger partial charge in [-0.2, -0.15) is 0 Å². The highest BCUT2D eigenvalue weighted by Gasteiger charge is 2.32. The molecule has 184 valence electrons. The number of carbonyl (C=O) groups is 2. The van der Waals surface area contributed by atoms with E-state index in [1.807, 2.05) is 20.8 Å². The van der Waals surface area contributed by atoms with Crippen molar-refractivity contribution in [3.63, 3.8) is 0 Å². The van der Waals surface area contributed by atoms with E-state index < -0.39 is 11.7 Å². The Kier molecular flexibility index (Phi) is 7.93. The Hall–Kier alpha value is -2.58. The lowest BCUT2D eigenvalue weighted by Crippen LogP contribution is -2.46. The summed E-state index contributed by atoms with van der Waals surface area (Å²) in [4.78, 5) is 35.7. The summed E-state index contributed by atoms with van der Waals surface area (Å²) >= 11 is 12.4. The van der Waals surface area contributed by atoms with Crippen LogP contribution in [0.1, 0.15) is 56.6 Å². The van der Waals surface area contributed by atoms with E-state index in [2.05, 4.69) is 27.1 Å². The minimum absolute atomic E-state index is 0.0383. The second-order valence-electron chi connectivity index (χ2n) is 9.70. The number of piperidine rings is 1. The number of aromatic nitrogens is 2. The third-order valence-corrected chi connectivity index (χ3v) is 6.27. The van der Waals surface area contributed by atoms with E-state index >= 15 is 0 Å². The number of benzene rings is 1. The Balaban J connectivity index is 1.62. The number of rotatable bonds is 6. The molecular weight excluding hydrogens is 479 g/mol. The molecule has 1 N–H and O–H groups in total. The molecule has 3 rings (SSSR count). The van der Waals surface area contributed by atoms with Crippen LogP contribution in [0.4, 0.5) is 10.6 Å². The summed E-state index contributed by atoms with van der Waals surface area (Å²) in [6.07, 6.45) is 2.83. The van der Waals surface area contributed by atoms with Crippen molar-refractivity contribution in [3.8, 4) is 5.75 Å². The lowest BCUT2D eigenvalue weighted by Gasteiger charge is -2.40. The van der Waals surface area contributed by atoms with Crippen LogP contribution < -0.4 is 15.0 Å². The minimum Gasteiger partial charge on any atom is -0.495 e. The van der Waals surface area contributed by atoms with Gasteiger partial charge in [-0.25, -0.2) is 14.8 Å². The Bertz CT molecular complexity index is 1060. The first-order valence-corrected chi connectivity index (χ1v) is 11.8. The van der Waals surface area contributed by atoms with Crippen molar-refractivity contribution in [2.75, 3.05) is 31.6 Å². The van der Waals surface area contributed by atoms with E-state index in [1.54, 1.807) is 24.4 Å². The zero-order valence-corrected chi connectivity index (χ0v) is 21.6. The highest BCUT2D eigenvalue weighted by Crippen LogP contribution is 2.33. The number of nitrogens with zero attached hydrogens (tertiary/aromatic N) is 3. The van der Waals surface area contributed by atoms with Crippen molar-refractivity contribution >= 4 is 40.9 Å². The van der Waals surface area contributed by atoms with Gasteiger partial charge in [-0.1, -0.05) is 30.1 Å². The van der Waals surface area contributed by atoms with Gasteiger partial charge in [-0.3, -0.25) is 4.79 Å². The Morgan fingerprint density at radius 3 is 2.47 bits per heavy atom. The molecule has 0 atom stereocenters. The van der Waals surface area contributed by atoms with Crippen LogP contribution >= 0.6 is 23.2 Å². The molecule has 1 saturated heterocycles. The van der Waals surface area contributed by atoms with Crippen LogP contribution in [0.2, 0.25) is 10.2 Å². The van der Waals surface area contributed by atoms with Crippen molar-refractivity contribution in [3.05, 3.63) is 45.8 Å². The first-order chi connectivity index (χ1) is 15.9. The largest absolute Gasteiger partial charge is 0.495 e. The van der Waals surface area contributed by atoms with E-state index in [1.165, 1.54) is 7.11 Å². The number of ketones is 1. The molecule has 0 bridgehead atoms. The molecule has 1 aliphatic rings. The number of methoxy groups -OCH3 is 1. The molecular formula is C24H30Cl2N4O4. The smallest absolute Gasteiger partial charge is 0.407 e. The molecule has 1 aromatic carbocycles. The van der Waals surface area contributed by atoms with E-state index in [-0.39, 0.29) is 22.0 Å². The van der Waals surface area contributed by atoms with Crippen molar-refractivity contribution in [1.29, 1.82) is 0 Å². The summed E-state index contributed by atoms with van der Waals surface area (Å²) in [6.45, 7) is 9.62. The topological polar surface area (TPSA) is 93.7 Å². The fourth-order valence-electron chi connectivity index (χ4n) is 3.65. The number of ether oxygens (including phenoxy) is 2. The first kappa shape index (κ1) is 26.0. The number of alkyl carbamates (subject to hydrolysis) is 1. The zero-order chi connectivity index (χ0) is 25.1. The summed E-state index contributed by atoms with van der Waals surface area (Å²) in [5.74, 6) is 0.640. The Morgan fingerprint density at radius 2 is 1.88 bits per heavy atom. The summed E-state index contributed by atoms with van der Waals surface area (Å²) in [5.41, 5.74) is -0.164. The van der Waals surface area contributed by atoms with Crippen molar-refractivity contribution in [1.82, 2.24) is 15.3 Å². The predicted octanol–water partition coefficient (Wildman–Crippen LogP) is 5.15. The summed E-state index contributed by atoms with van der Waals surface area (Å²) < 4.78 is 10.5. The standard InChI is InChI=1S/C24H30Cl2N4O4/c1-23(2,3)34-22(32)28-14-24(4)8-10-30(11-9-24)18-13-27-19(21(26)29-18)20(31)15-6-7-16(25)17(12-15)33-5/h6-7,12-13H,8-11,14H2,1-5H3,(H,28,32). The van der Waals surface area contributed by atoms with Crippen LogP contribution in [0.3, 0.4) is 0 Å². The maximum atomic E-state index is 12.9. The third-order valence-electron chi connectivity index (χ3n) is 5.70. The van der Waals surface area contributed by atoms with Gasteiger partial charge < -0.3 is 19.7 Å². The van der Waals surface area contributed by atoms with Gasteiger partial charge in [0, 0.05) is 25.2 Å². The van der Waals surface area contributed by atoms with Gasteiger partial charge in [0.1, 0.15) is 22.9 Å². The molecule has 1 aliphatic heterocycles. The van der Waals surface area contributed by atoms with Gasteiger partial charge >= 0.3 is 6.09 Å². The van der Waals surface area contributed by atoms with Crippen LogP contribution in [0.5, 0.6) is 5.75 Å². The lowest BCUT2D eigenvalue weighted by molar-refractivity contribution is 0.0495. The summed E-state index contributed by atoms with van der Waals surface area (Å²) in [5, 5.41) is 3.32. The first-order valence-electron chi connectivity index (χ1n) is 11.0. The molecule has 0 spiro atoms. The van der Waals surface area contributed by atoms with Gasteiger partial charge in [0.05, 0.1) is 18.3 Å².